The van der Waals surface area contributed by atoms with E-state index in [-0.39, 0.29) is 30.5 Å². The maximum Gasteiger partial charge on any atom is 0.253 e. The molecule has 5 nitrogen and oxygen atoms in total. The van der Waals surface area contributed by atoms with Crippen molar-refractivity contribution in [2.24, 2.45) is 0 Å². The van der Waals surface area contributed by atoms with Crippen molar-refractivity contribution in [2.45, 2.75) is 31.0 Å². The number of benzene rings is 1. The zero-order valence-corrected chi connectivity index (χ0v) is 14.4. The van der Waals surface area contributed by atoms with E-state index >= 15 is 0 Å². The van der Waals surface area contributed by atoms with Crippen molar-refractivity contribution in [1.82, 2.24) is 15.5 Å². The summed E-state index contributed by atoms with van der Waals surface area (Å²) in [4.78, 5) is 14.3. The van der Waals surface area contributed by atoms with Gasteiger partial charge in [-0.15, -0.1) is 12.4 Å². The van der Waals surface area contributed by atoms with Gasteiger partial charge in [0.25, 0.3) is 5.91 Å². The van der Waals surface area contributed by atoms with Crippen LogP contribution in [0.5, 0.6) is 0 Å². The van der Waals surface area contributed by atoms with Gasteiger partial charge in [0.05, 0.1) is 6.10 Å². The van der Waals surface area contributed by atoms with Crippen LogP contribution in [0, 0.1) is 0 Å². The van der Waals surface area contributed by atoms with E-state index in [1.165, 1.54) is 0 Å². The van der Waals surface area contributed by atoms with Crippen LogP contribution in [-0.2, 0) is 0 Å². The van der Waals surface area contributed by atoms with Crippen LogP contribution in [-0.4, -0.2) is 60.3 Å². The monoisotopic (exact) mass is 359 g/mol. The normalized spacial score (nSPS) is 25.2. The molecule has 0 spiro atoms. The highest BCUT2D eigenvalue weighted by Gasteiger charge is 2.29. The first-order valence-corrected chi connectivity index (χ1v) is 8.21. The predicted molar refractivity (Wildman–Crippen MR) is 93.4 cm³/mol. The fourth-order valence-corrected chi connectivity index (χ4v) is 3.29. The van der Waals surface area contributed by atoms with Crippen LogP contribution < -0.4 is 10.6 Å². The van der Waals surface area contributed by atoms with Gasteiger partial charge in [-0.3, -0.25) is 4.79 Å². The number of nitrogens with one attached hydrogen (secondary N) is 2. The quantitative estimate of drug-likeness (QED) is 0.760. The summed E-state index contributed by atoms with van der Waals surface area (Å²) in [5.41, 5.74) is 0.686. The summed E-state index contributed by atoms with van der Waals surface area (Å²) in [5.74, 6) is 0.0673. The van der Waals surface area contributed by atoms with Gasteiger partial charge >= 0.3 is 0 Å². The average molecular weight is 360 g/mol. The van der Waals surface area contributed by atoms with Crippen LogP contribution in [0.1, 0.15) is 23.2 Å². The van der Waals surface area contributed by atoms with Gasteiger partial charge in [-0.1, -0.05) is 11.6 Å². The van der Waals surface area contributed by atoms with Crippen molar-refractivity contribution in [3.05, 3.63) is 34.9 Å². The maximum absolute atomic E-state index is 12.4. The van der Waals surface area contributed by atoms with E-state index in [0.717, 1.165) is 32.5 Å². The summed E-state index contributed by atoms with van der Waals surface area (Å²) >= 11 is 5.86. The number of aliphatic hydroxyl groups excluding tert-OH is 1. The van der Waals surface area contributed by atoms with Crippen molar-refractivity contribution in [3.8, 4) is 0 Å². The van der Waals surface area contributed by atoms with Crippen LogP contribution >= 0.6 is 24.0 Å². The molecule has 3 N–H and O–H groups in total. The fourth-order valence-electron chi connectivity index (χ4n) is 3.16. The zero-order valence-electron chi connectivity index (χ0n) is 12.9. The Bertz CT molecular complexity index is 519. The van der Waals surface area contributed by atoms with E-state index in [2.05, 4.69) is 10.6 Å². The van der Waals surface area contributed by atoms with E-state index in [0.29, 0.717) is 23.2 Å². The number of rotatable bonds is 3. The average Bonchev–Trinajstić information content (AvgIpc) is 2.93. The first kappa shape index (κ1) is 18.5. The zero-order chi connectivity index (χ0) is 15.5. The molecule has 2 aliphatic heterocycles. The highest BCUT2D eigenvalue weighted by Crippen LogP contribution is 2.17. The Morgan fingerprint density at radius 3 is 2.43 bits per heavy atom. The Hall–Kier alpha value is -0.850. The van der Waals surface area contributed by atoms with E-state index in [9.17, 15) is 9.90 Å². The third-order valence-corrected chi connectivity index (χ3v) is 4.76. The molecule has 23 heavy (non-hydrogen) atoms. The van der Waals surface area contributed by atoms with Crippen molar-refractivity contribution >= 4 is 29.9 Å². The number of carbonyl (C=O) groups excluding carboxylic acids is 1. The van der Waals surface area contributed by atoms with Crippen molar-refractivity contribution in [3.63, 3.8) is 0 Å². The smallest absolute Gasteiger partial charge is 0.253 e. The van der Waals surface area contributed by atoms with Gasteiger partial charge in [0.2, 0.25) is 0 Å². The Morgan fingerprint density at radius 2 is 1.87 bits per heavy atom. The molecule has 2 aliphatic rings. The van der Waals surface area contributed by atoms with Crippen LogP contribution in [0.3, 0.4) is 0 Å². The molecule has 0 aromatic heterocycles. The molecule has 2 heterocycles. The number of hydrogen-bond donors (Lipinski definition) is 3. The molecular formula is C16H23Cl2N3O2. The summed E-state index contributed by atoms with van der Waals surface area (Å²) in [5, 5.41) is 17.2. The summed E-state index contributed by atoms with van der Waals surface area (Å²) in [7, 11) is 0. The van der Waals surface area contributed by atoms with Crippen molar-refractivity contribution < 1.29 is 9.90 Å². The molecule has 2 fully saturated rings. The van der Waals surface area contributed by atoms with E-state index < -0.39 is 0 Å². The minimum absolute atomic E-state index is 0. The van der Waals surface area contributed by atoms with E-state index in [4.69, 9.17) is 11.6 Å². The van der Waals surface area contributed by atoms with Crippen molar-refractivity contribution in [1.29, 1.82) is 0 Å². The number of β-amino-alcohol motifs (C(OH)–C–C–N with tert-alkyl or cyclic N) is 1. The lowest BCUT2D eigenvalue weighted by atomic mass is 10.0. The molecule has 0 radical (unpaired) electrons. The fraction of sp³-hybridized carbons (Fsp3) is 0.562. The van der Waals surface area contributed by atoms with Gasteiger partial charge in [-0.2, -0.15) is 0 Å². The van der Waals surface area contributed by atoms with Gasteiger partial charge in [-0.05, 0) is 37.1 Å². The summed E-state index contributed by atoms with van der Waals surface area (Å²) in [6.45, 7) is 2.96. The molecule has 0 aliphatic carbocycles. The molecule has 0 unspecified atom stereocenters. The second-order valence-corrected chi connectivity index (χ2v) is 6.51. The number of carbonyl (C=O) groups is 1. The lowest BCUT2D eigenvalue weighted by molar-refractivity contribution is 0.0691. The topological polar surface area (TPSA) is 64.6 Å². The molecular weight excluding hydrogens is 337 g/mol. The van der Waals surface area contributed by atoms with Gasteiger partial charge in [0.1, 0.15) is 0 Å². The minimum atomic E-state index is -0.311. The number of amides is 1. The molecule has 3 rings (SSSR count). The summed E-state index contributed by atoms with van der Waals surface area (Å²) < 4.78 is 0. The lowest BCUT2D eigenvalue weighted by Crippen LogP contribution is -2.50. The molecule has 0 bridgehead atoms. The summed E-state index contributed by atoms with van der Waals surface area (Å²) in [6.07, 6.45) is 1.53. The molecule has 2 saturated heterocycles. The molecule has 1 aromatic carbocycles. The molecule has 1 aromatic rings. The van der Waals surface area contributed by atoms with Crippen LogP contribution in [0.15, 0.2) is 24.3 Å². The van der Waals surface area contributed by atoms with Gasteiger partial charge in [0, 0.05) is 48.8 Å². The highest BCUT2D eigenvalue weighted by atomic mass is 35.5. The third-order valence-electron chi connectivity index (χ3n) is 4.51. The second kappa shape index (κ2) is 8.31. The molecule has 2 atom stereocenters. The highest BCUT2D eigenvalue weighted by molar-refractivity contribution is 6.30. The first-order valence-electron chi connectivity index (χ1n) is 7.83. The Morgan fingerprint density at radius 1 is 1.22 bits per heavy atom. The lowest BCUT2D eigenvalue weighted by Gasteiger charge is -2.34. The number of nitrogens with zero attached hydrogens (tertiary/aromatic N) is 1. The van der Waals surface area contributed by atoms with Gasteiger partial charge in [-0.25, -0.2) is 0 Å². The number of aliphatic hydroxyl groups is 1. The predicted octanol–water partition coefficient (Wildman–Crippen LogP) is 1.29. The van der Waals surface area contributed by atoms with Crippen LogP contribution in [0.4, 0.5) is 0 Å². The SMILES string of the molecule is Cl.O=C(c1ccc(Cl)cc1)N1CCC(N[C@H]2CNC[C@@H]2O)CC1. The van der Waals surface area contributed by atoms with Crippen LogP contribution in [0.2, 0.25) is 5.02 Å². The maximum atomic E-state index is 12.4. The molecule has 7 heteroatoms. The molecule has 128 valence electrons. The molecule has 0 saturated carbocycles. The standard InChI is InChI=1S/C16H22ClN3O2.ClH/c17-12-3-1-11(2-4-12)16(22)20-7-5-13(6-8-20)19-14-9-18-10-15(14)21;/h1-4,13-15,18-19,21H,5-10H2;1H/t14-,15-;/m0./s1. The number of hydrogen-bond acceptors (Lipinski definition) is 4. The summed E-state index contributed by atoms with van der Waals surface area (Å²) in [6, 6.07) is 7.54. The van der Waals surface area contributed by atoms with Crippen LogP contribution in [0.25, 0.3) is 0 Å². The minimum Gasteiger partial charge on any atom is -0.390 e. The Labute approximate surface area is 147 Å². The van der Waals surface area contributed by atoms with Crippen molar-refractivity contribution in [2.75, 3.05) is 26.2 Å². The third kappa shape index (κ3) is 4.58. The molecule has 1 amide bonds. The van der Waals surface area contributed by atoms with Gasteiger partial charge in [0.15, 0.2) is 0 Å². The van der Waals surface area contributed by atoms with Gasteiger partial charge < -0.3 is 20.6 Å². The number of piperidine rings is 1. The second-order valence-electron chi connectivity index (χ2n) is 6.07. The van der Waals surface area contributed by atoms with E-state index in [1.807, 2.05) is 4.90 Å². The Balaban J connectivity index is 0.00000192. The largest absolute Gasteiger partial charge is 0.390 e. The first-order chi connectivity index (χ1) is 10.6. The number of halogens is 2. The Kier molecular flexibility index (Phi) is 6.68. The number of likely N-dealkylation sites (tertiary alicyclic amines) is 1. The van der Waals surface area contributed by atoms with E-state index in [1.54, 1.807) is 24.3 Å².